The molecular weight excluding hydrogens is 444 g/mol. The number of aliphatic carboxylic acids is 1. The van der Waals surface area contributed by atoms with Gasteiger partial charge in [-0.05, 0) is 53.9 Å². The molecule has 7 heteroatoms. The molecule has 2 aromatic carbocycles. The summed E-state index contributed by atoms with van der Waals surface area (Å²) in [5, 5.41) is 12.4. The fourth-order valence-electron chi connectivity index (χ4n) is 5.31. The molecule has 4 rings (SSSR count). The Kier molecular flexibility index (Phi) is 7.73. The molecule has 1 saturated heterocycles. The number of carbonyl (C=O) groups is 3. The maximum atomic E-state index is 12.8. The van der Waals surface area contributed by atoms with Crippen LogP contribution in [-0.4, -0.2) is 53.2 Å². The van der Waals surface area contributed by atoms with Gasteiger partial charge in [0.25, 0.3) is 0 Å². The number of benzene rings is 2. The van der Waals surface area contributed by atoms with Gasteiger partial charge in [-0.25, -0.2) is 9.59 Å². The Morgan fingerprint density at radius 2 is 1.69 bits per heavy atom. The van der Waals surface area contributed by atoms with Crippen molar-refractivity contribution in [1.82, 2.24) is 10.2 Å². The third-order valence-electron chi connectivity index (χ3n) is 7.29. The summed E-state index contributed by atoms with van der Waals surface area (Å²) in [5.41, 5.74) is 4.66. The number of amides is 2. The van der Waals surface area contributed by atoms with Crippen molar-refractivity contribution in [2.45, 2.75) is 64.0 Å². The van der Waals surface area contributed by atoms with Crippen molar-refractivity contribution in [3.05, 3.63) is 59.7 Å². The average molecular weight is 479 g/mol. The van der Waals surface area contributed by atoms with Crippen LogP contribution in [0.2, 0.25) is 0 Å². The molecule has 3 unspecified atom stereocenters. The number of fused-ring (bicyclic) bond motifs is 3. The topological polar surface area (TPSA) is 95.9 Å². The van der Waals surface area contributed by atoms with E-state index in [1.807, 2.05) is 38.1 Å². The number of carbonyl (C=O) groups excluding carboxylic acids is 2. The van der Waals surface area contributed by atoms with E-state index in [2.05, 4.69) is 29.6 Å². The highest BCUT2D eigenvalue weighted by Gasteiger charge is 2.34. The Morgan fingerprint density at radius 1 is 1.06 bits per heavy atom. The molecule has 2 aromatic rings. The van der Waals surface area contributed by atoms with Gasteiger partial charge in [-0.2, -0.15) is 0 Å². The molecule has 7 nitrogen and oxygen atoms in total. The monoisotopic (exact) mass is 478 g/mol. The third kappa shape index (κ3) is 5.50. The summed E-state index contributed by atoms with van der Waals surface area (Å²) in [6.45, 7) is 4.68. The van der Waals surface area contributed by atoms with Crippen molar-refractivity contribution < 1.29 is 24.2 Å². The molecule has 3 atom stereocenters. The van der Waals surface area contributed by atoms with Gasteiger partial charge in [-0.3, -0.25) is 4.79 Å². The second-order valence-corrected chi connectivity index (χ2v) is 9.70. The van der Waals surface area contributed by atoms with Gasteiger partial charge in [0, 0.05) is 24.9 Å². The lowest BCUT2D eigenvalue weighted by atomic mass is 9.93. The Morgan fingerprint density at radius 3 is 2.29 bits per heavy atom. The van der Waals surface area contributed by atoms with E-state index in [4.69, 9.17) is 4.74 Å². The van der Waals surface area contributed by atoms with E-state index in [1.165, 1.54) is 16.0 Å². The van der Waals surface area contributed by atoms with Gasteiger partial charge in [0.15, 0.2) is 0 Å². The number of nitrogens with zero attached hydrogens (tertiary/aromatic N) is 1. The Bertz CT molecular complexity index is 1040. The minimum atomic E-state index is -0.950. The van der Waals surface area contributed by atoms with Gasteiger partial charge in [0.2, 0.25) is 5.91 Å². The molecule has 186 valence electrons. The van der Waals surface area contributed by atoms with Crippen molar-refractivity contribution >= 4 is 18.0 Å². The Labute approximate surface area is 206 Å². The van der Waals surface area contributed by atoms with E-state index in [9.17, 15) is 19.5 Å². The van der Waals surface area contributed by atoms with Crippen LogP contribution in [0.5, 0.6) is 0 Å². The maximum Gasteiger partial charge on any atom is 0.407 e. The second-order valence-electron chi connectivity index (χ2n) is 9.70. The van der Waals surface area contributed by atoms with Gasteiger partial charge in [0.05, 0.1) is 0 Å². The first-order valence-corrected chi connectivity index (χ1v) is 12.5. The number of piperidine rings is 1. The predicted molar refractivity (Wildman–Crippen MR) is 133 cm³/mol. The summed E-state index contributed by atoms with van der Waals surface area (Å²) in [4.78, 5) is 38.5. The number of nitrogens with one attached hydrogen (secondary N) is 1. The van der Waals surface area contributed by atoms with E-state index in [0.29, 0.717) is 25.8 Å². The first-order chi connectivity index (χ1) is 16.9. The zero-order valence-corrected chi connectivity index (χ0v) is 20.4. The van der Waals surface area contributed by atoms with Gasteiger partial charge in [-0.15, -0.1) is 0 Å². The zero-order chi connectivity index (χ0) is 24.9. The van der Waals surface area contributed by atoms with Crippen LogP contribution in [0.4, 0.5) is 4.79 Å². The van der Waals surface area contributed by atoms with E-state index in [0.717, 1.165) is 17.5 Å². The number of rotatable bonds is 8. The van der Waals surface area contributed by atoms with Gasteiger partial charge in [-0.1, -0.05) is 62.4 Å². The molecule has 0 bridgehead atoms. The van der Waals surface area contributed by atoms with E-state index < -0.39 is 18.1 Å². The van der Waals surface area contributed by atoms with Crippen LogP contribution in [0, 0.1) is 5.92 Å². The zero-order valence-electron chi connectivity index (χ0n) is 20.4. The lowest BCUT2D eigenvalue weighted by Gasteiger charge is -2.36. The minimum Gasteiger partial charge on any atom is -0.480 e. The highest BCUT2D eigenvalue weighted by molar-refractivity contribution is 5.84. The molecule has 1 aliphatic heterocycles. The molecule has 0 spiro atoms. The van der Waals surface area contributed by atoms with Crippen molar-refractivity contribution in [1.29, 1.82) is 0 Å². The van der Waals surface area contributed by atoms with Crippen molar-refractivity contribution in [3.8, 4) is 11.1 Å². The number of ether oxygens (including phenoxy) is 1. The van der Waals surface area contributed by atoms with Crippen LogP contribution >= 0.6 is 0 Å². The summed E-state index contributed by atoms with van der Waals surface area (Å²) in [5.74, 6) is -0.842. The van der Waals surface area contributed by atoms with Crippen LogP contribution in [0.1, 0.15) is 63.0 Å². The van der Waals surface area contributed by atoms with Gasteiger partial charge < -0.3 is 20.1 Å². The lowest BCUT2D eigenvalue weighted by Crippen LogP contribution is -2.50. The van der Waals surface area contributed by atoms with Crippen LogP contribution in [-0.2, 0) is 14.3 Å². The van der Waals surface area contributed by atoms with E-state index in [-0.39, 0.29) is 36.8 Å². The fraction of sp³-hybridized carbons (Fsp3) is 0.464. The quantitative estimate of drug-likeness (QED) is 0.568. The van der Waals surface area contributed by atoms with E-state index >= 15 is 0 Å². The van der Waals surface area contributed by atoms with Crippen molar-refractivity contribution in [2.24, 2.45) is 5.92 Å². The first-order valence-electron chi connectivity index (χ1n) is 12.5. The number of alkyl carbamates (subject to hydrolysis) is 1. The number of hydrogen-bond donors (Lipinski definition) is 2. The molecule has 1 fully saturated rings. The summed E-state index contributed by atoms with van der Waals surface area (Å²) in [7, 11) is 0. The highest BCUT2D eigenvalue weighted by atomic mass is 16.5. The van der Waals surface area contributed by atoms with Crippen molar-refractivity contribution in [3.63, 3.8) is 0 Å². The average Bonchev–Trinajstić information content (AvgIpc) is 3.18. The second kappa shape index (κ2) is 10.9. The van der Waals surface area contributed by atoms with E-state index in [1.54, 1.807) is 0 Å². The molecule has 2 aliphatic rings. The number of hydrogen-bond acceptors (Lipinski definition) is 4. The van der Waals surface area contributed by atoms with Gasteiger partial charge in [0.1, 0.15) is 12.6 Å². The standard InChI is InChI=1S/C28H34N2O5/c1-3-19(13-15-26(31)30-16-18(2)12-14-25(30)27(32)33)29-28(34)35-17-24-22-10-6-4-8-20(22)21-9-5-7-11-23(21)24/h4-11,18-19,24-25H,3,12-17H2,1-2H3,(H,29,34)(H,32,33). The highest BCUT2D eigenvalue weighted by Crippen LogP contribution is 2.44. The molecule has 0 saturated carbocycles. The summed E-state index contributed by atoms with van der Waals surface area (Å²) < 4.78 is 5.63. The maximum absolute atomic E-state index is 12.8. The summed E-state index contributed by atoms with van der Waals surface area (Å²) >= 11 is 0. The lowest BCUT2D eigenvalue weighted by molar-refractivity contribution is -0.153. The SMILES string of the molecule is CCC(CCC(=O)N1CC(C)CCC1C(=O)O)NC(=O)OCC1c2ccccc2-c2ccccc21. The summed E-state index contributed by atoms with van der Waals surface area (Å²) in [6, 6.07) is 15.4. The molecule has 1 aliphatic carbocycles. The summed E-state index contributed by atoms with van der Waals surface area (Å²) in [6.07, 6.45) is 2.08. The smallest absolute Gasteiger partial charge is 0.407 e. The number of likely N-dealkylation sites (tertiary alicyclic amines) is 1. The van der Waals surface area contributed by atoms with Crippen LogP contribution in [0.25, 0.3) is 11.1 Å². The molecular formula is C28H34N2O5. The molecule has 0 radical (unpaired) electrons. The first kappa shape index (κ1) is 24.8. The molecule has 1 heterocycles. The third-order valence-corrected chi connectivity index (χ3v) is 7.29. The molecule has 2 N–H and O–H groups in total. The fourth-order valence-corrected chi connectivity index (χ4v) is 5.31. The van der Waals surface area contributed by atoms with Crippen molar-refractivity contribution in [2.75, 3.05) is 13.2 Å². The molecule has 35 heavy (non-hydrogen) atoms. The van der Waals surface area contributed by atoms with Crippen LogP contribution < -0.4 is 5.32 Å². The number of carboxylic acid groups (broad SMARTS) is 1. The van der Waals surface area contributed by atoms with Gasteiger partial charge >= 0.3 is 12.1 Å². The Balaban J connectivity index is 1.31. The normalized spacial score (nSPS) is 20.0. The van der Waals surface area contributed by atoms with Crippen LogP contribution in [0.15, 0.2) is 48.5 Å². The molecule has 0 aromatic heterocycles. The number of carboxylic acids is 1. The predicted octanol–water partition coefficient (Wildman–Crippen LogP) is 4.80. The Hall–Kier alpha value is -3.35. The largest absolute Gasteiger partial charge is 0.480 e. The molecule has 2 amide bonds. The minimum absolute atomic E-state index is 0.0103. The van der Waals surface area contributed by atoms with Crippen LogP contribution in [0.3, 0.4) is 0 Å².